The number of likely N-dealkylation sites (tertiary alicyclic amines) is 1. The van der Waals surface area contributed by atoms with Crippen LogP contribution in [0.1, 0.15) is 49.9 Å². The Morgan fingerprint density at radius 2 is 1.70 bits per heavy atom. The average molecular weight is 644 g/mol. The van der Waals surface area contributed by atoms with E-state index in [2.05, 4.69) is 11.8 Å². The first-order valence-electron chi connectivity index (χ1n) is 16.6. The summed E-state index contributed by atoms with van der Waals surface area (Å²) in [5.41, 5.74) is -3.03. The van der Waals surface area contributed by atoms with E-state index in [-0.39, 0.29) is 47.8 Å². The Morgan fingerprint density at radius 1 is 0.978 bits per heavy atom. The van der Waals surface area contributed by atoms with Crippen LogP contribution in [-0.4, -0.2) is 119 Å². The molecule has 7 bridgehead atoms. The molecule has 0 aromatic heterocycles. The van der Waals surface area contributed by atoms with Crippen molar-refractivity contribution in [3.8, 4) is 5.75 Å². The molecule has 6 aliphatic rings. The molecule has 1 spiro atoms. The maximum absolute atomic E-state index is 13.9. The van der Waals surface area contributed by atoms with Crippen molar-refractivity contribution in [1.82, 2.24) is 4.90 Å². The molecule has 1 aromatic carbocycles. The molecule has 5 aliphatic carbocycles. The molecule has 6 fully saturated rings. The third kappa shape index (κ3) is 3.87. The van der Waals surface area contributed by atoms with Crippen LogP contribution in [0.5, 0.6) is 5.75 Å². The van der Waals surface area contributed by atoms with Gasteiger partial charge < -0.3 is 38.3 Å². The Morgan fingerprint density at radius 3 is 2.28 bits per heavy atom. The number of hydrogen-bond acceptors (Lipinski definition) is 11. The molecule has 1 aliphatic heterocycles. The van der Waals surface area contributed by atoms with Gasteiger partial charge in [0.1, 0.15) is 23.1 Å². The number of carbonyl (C=O) groups excluding carboxylic acids is 2. The summed E-state index contributed by atoms with van der Waals surface area (Å²) in [6, 6.07) is 6.66. The van der Waals surface area contributed by atoms with Crippen LogP contribution < -0.4 is 4.74 Å². The molecule has 0 amide bonds. The van der Waals surface area contributed by atoms with Gasteiger partial charge in [0.2, 0.25) is 0 Å². The standard InChI is InChI=1S/C35H49NO10/c1-8-36-17-32(18-40-3)14-13-23(42-5)35-22-15-33(39)24(43-6)16-34(46-19(2)37,26(29(35)36)27(44-7)28(32)35)25(22)30(33)45-31(38)20-9-11-21(41-4)12-10-20/h9-12,22-30,39H,8,13-18H2,1-7H3/t22?,23?,24-,25?,26?,27?,28?,29?,30?,32-,33+,34+,35?/m0/s1. The van der Waals surface area contributed by atoms with E-state index in [9.17, 15) is 14.7 Å². The summed E-state index contributed by atoms with van der Waals surface area (Å²) in [6.07, 6.45) is 0.142. The minimum absolute atomic E-state index is 0.00534. The van der Waals surface area contributed by atoms with E-state index in [1.807, 2.05) is 0 Å². The fourth-order valence-electron chi connectivity index (χ4n) is 12.4. The molecular weight excluding hydrogens is 594 g/mol. The summed E-state index contributed by atoms with van der Waals surface area (Å²) in [5.74, 6) is -1.38. The number of aliphatic hydroxyl groups is 1. The fourth-order valence-corrected chi connectivity index (χ4v) is 12.4. The van der Waals surface area contributed by atoms with Crippen LogP contribution in [0, 0.1) is 34.5 Å². The molecule has 46 heavy (non-hydrogen) atoms. The summed E-state index contributed by atoms with van der Waals surface area (Å²) in [6.45, 7) is 5.80. The lowest BCUT2D eigenvalue weighted by atomic mass is 9.43. The van der Waals surface area contributed by atoms with Gasteiger partial charge in [-0.3, -0.25) is 9.69 Å². The summed E-state index contributed by atoms with van der Waals surface area (Å²) >= 11 is 0. The van der Waals surface area contributed by atoms with E-state index in [1.54, 1.807) is 59.8 Å². The van der Waals surface area contributed by atoms with Gasteiger partial charge in [0.05, 0.1) is 37.6 Å². The highest BCUT2D eigenvalue weighted by Gasteiger charge is 2.89. The highest BCUT2D eigenvalue weighted by atomic mass is 16.6. The molecule has 11 nitrogen and oxygen atoms in total. The van der Waals surface area contributed by atoms with Gasteiger partial charge >= 0.3 is 11.9 Å². The van der Waals surface area contributed by atoms with Crippen LogP contribution in [0.15, 0.2) is 24.3 Å². The third-order valence-electron chi connectivity index (χ3n) is 13.3. The number of nitrogens with zero attached hydrogens (tertiary/aromatic N) is 1. The minimum atomic E-state index is -1.51. The second-order valence-electron chi connectivity index (χ2n) is 14.6. The first kappa shape index (κ1) is 32.3. The molecule has 1 heterocycles. The molecule has 9 unspecified atom stereocenters. The molecule has 0 radical (unpaired) electrons. The maximum atomic E-state index is 13.9. The van der Waals surface area contributed by atoms with E-state index < -0.39 is 46.7 Å². The van der Waals surface area contributed by atoms with Crippen LogP contribution in [0.3, 0.4) is 0 Å². The number of methoxy groups -OCH3 is 5. The van der Waals surface area contributed by atoms with E-state index in [0.29, 0.717) is 24.3 Å². The van der Waals surface area contributed by atoms with Crippen molar-refractivity contribution >= 4 is 11.9 Å². The Labute approximate surface area is 271 Å². The smallest absolute Gasteiger partial charge is 0.338 e. The van der Waals surface area contributed by atoms with Crippen molar-refractivity contribution in [2.45, 2.75) is 81.2 Å². The van der Waals surface area contributed by atoms with Crippen molar-refractivity contribution in [3.63, 3.8) is 0 Å². The van der Waals surface area contributed by atoms with E-state index in [1.165, 1.54) is 6.92 Å². The van der Waals surface area contributed by atoms with E-state index in [4.69, 9.17) is 33.2 Å². The minimum Gasteiger partial charge on any atom is -0.497 e. The van der Waals surface area contributed by atoms with Crippen LogP contribution in [0.25, 0.3) is 0 Å². The normalized spacial score (nSPS) is 46.6. The highest BCUT2D eigenvalue weighted by molar-refractivity contribution is 5.89. The predicted octanol–water partition coefficient (Wildman–Crippen LogP) is 2.72. The number of esters is 2. The average Bonchev–Trinajstić information content (AvgIpc) is 3.42. The number of hydrogen-bond donors (Lipinski definition) is 1. The van der Waals surface area contributed by atoms with Gasteiger partial charge in [0.15, 0.2) is 0 Å². The molecule has 1 saturated heterocycles. The van der Waals surface area contributed by atoms with Crippen LogP contribution in [0.4, 0.5) is 0 Å². The highest BCUT2D eigenvalue weighted by Crippen LogP contribution is 2.80. The number of piperidine rings is 1. The second kappa shape index (κ2) is 11.1. The van der Waals surface area contributed by atoms with Crippen LogP contribution >= 0.6 is 0 Å². The Kier molecular flexibility index (Phi) is 7.81. The molecule has 1 aromatic rings. The third-order valence-corrected chi connectivity index (χ3v) is 13.3. The van der Waals surface area contributed by atoms with Gasteiger partial charge in [-0.05, 0) is 56.0 Å². The fraction of sp³-hybridized carbons (Fsp3) is 0.771. The number of rotatable bonds is 10. The van der Waals surface area contributed by atoms with Crippen molar-refractivity contribution in [3.05, 3.63) is 29.8 Å². The first-order valence-corrected chi connectivity index (χ1v) is 16.6. The van der Waals surface area contributed by atoms with Crippen molar-refractivity contribution in [1.29, 1.82) is 0 Å². The van der Waals surface area contributed by atoms with Gasteiger partial charge in [-0.25, -0.2) is 4.79 Å². The van der Waals surface area contributed by atoms with Gasteiger partial charge in [-0.1, -0.05) is 6.92 Å². The summed E-state index contributed by atoms with van der Waals surface area (Å²) < 4.78 is 43.6. The zero-order valence-electron chi connectivity index (χ0n) is 28.0. The summed E-state index contributed by atoms with van der Waals surface area (Å²) in [7, 11) is 8.44. The quantitative estimate of drug-likeness (QED) is 0.379. The SMILES string of the molecule is CCN1C[C@]2(COC)CCC(OC)C34C5C[C@]6(O)C(OC(=O)c7ccc(OC)cc7)C5[C@](OC(C)=O)(C[C@@H]6OC)C(C(OC)C32)C14. The molecule has 7 rings (SSSR count). The zero-order valence-corrected chi connectivity index (χ0v) is 28.0. The number of benzene rings is 1. The van der Waals surface area contributed by atoms with Crippen LogP contribution in [0.2, 0.25) is 0 Å². The number of ether oxygens (including phenoxy) is 7. The Bertz CT molecular complexity index is 1360. The molecule has 11 heteroatoms. The van der Waals surface area contributed by atoms with Gasteiger partial charge in [-0.2, -0.15) is 0 Å². The molecule has 254 valence electrons. The topological polar surface area (TPSA) is 122 Å². The predicted molar refractivity (Wildman–Crippen MR) is 164 cm³/mol. The second-order valence-corrected chi connectivity index (χ2v) is 14.6. The molecular formula is C35H49NO10. The van der Waals surface area contributed by atoms with E-state index >= 15 is 0 Å². The summed E-state index contributed by atoms with van der Waals surface area (Å²) in [5, 5.41) is 12.8. The lowest BCUT2D eigenvalue weighted by Gasteiger charge is -2.69. The lowest BCUT2D eigenvalue weighted by molar-refractivity contribution is -0.287. The van der Waals surface area contributed by atoms with Gasteiger partial charge in [0.25, 0.3) is 0 Å². The van der Waals surface area contributed by atoms with E-state index in [0.717, 1.165) is 25.9 Å². The number of carbonyl (C=O) groups is 2. The van der Waals surface area contributed by atoms with Crippen molar-refractivity contribution in [2.75, 3.05) is 55.2 Å². The van der Waals surface area contributed by atoms with Gasteiger partial charge in [-0.15, -0.1) is 0 Å². The molecule has 1 N–H and O–H groups in total. The monoisotopic (exact) mass is 643 g/mol. The zero-order chi connectivity index (χ0) is 32.8. The lowest BCUT2D eigenvalue weighted by Crippen LogP contribution is -2.77. The first-order chi connectivity index (χ1) is 22.1. The molecule has 13 atom stereocenters. The van der Waals surface area contributed by atoms with Crippen molar-refractivity contribution < 1.29 is 47.9 Å². The number of fused-ring (bicyclic) bond motifs is 2. The van der Waals surface area contributed by atoms with Crippen LogP contribution in [-0.2, 0) is 33.2 Å². The Hall–Kier alpha value is -2.28. The largest absolute Gasteiger partial charge is 0.497 e. The maximum Gasteiger partial charge on any atom is 0.338 e. The Balaban J connectivity index is 1.46. The van der Waals surface area contributed by atoms with Gasteiger partial charge in [0, 0.05) is 83.0 Å². The summed E-state index contributed by atoms with van der Waals surface area (Å²) in [4.78, 5) is 29.7. The molecule has 5 saturated carbocycles. The van der Waals surface area contributed by atoms with Crippen molar-refractivity contribution in [2.24, 2.45) is 34.5 Å².